The van der Waals surface area contributed by atoms with Gasteiger partial charge in [-0.1, -0.05) is 38.3 Å². The molecule has 0 saturated carbocycles. The molecule has 0 saturated heterocycles. The van der Waals surface area contributed by atoms with Crippen LogP contribution in [0.4, 0.5) is 13.2 Å². The first-order valence-electron chi connectivity index (χ1n) is 10.9. The molecule has 1 aliphatic rings. The average molecular weight is 435 g/mol. The third-order valence-corrected chi connectivity index (χ3v) is 5.87. The zero-order valence-electron chi connectivity index (χ0n) is 18.5. The predicted molar refractivity (Wildman–Crippen MR) is 116 cm³/mol. The molecule has 2 aromatic rings. The van der Waals surface area contributed by atoms with Crippen LogP contribution in [0.1, 0.15) is 61.3 Å². The second-order valence-corrected chi connectivity index (χ2v) is 7.99. The van der Waals surface area contributed by atoms with Crippen molar-refractivity contribution in [3.05, 3.63) is 58.7 Å². The summed E-state index contributed by atoms with van der Waals surface area (Å²) < 4.78 is 52.0. The topological polar surface area (TPSA) is 21.5 Å². The van der Waals surface area contributed by atoms with Gasteiger partial charge in [0.15, 0.2) is 23.8 Å². The maximum absolute atomic E-state index is 12.9. The Morgan fingerprint density at radius 3 is 2.23 bits per heavy atom. The van der Waals surface area contributed by atoms with Crippen molar-refractivity contribution in [2.24, 2.45) is 0 Å². The van der Waals surface area contributed by atoms with Crippen molar-refractivity contribution < 1.29 is 27.2 Å². The van der Waals surface area contributed by atoms with E-state index in [9.17, 15) is 13.2 Å². The van der Waals surface area contributed by atoms with Crippen LogP contribution in [0.2, 0.25) is 0 Å². The van der Waals surface area contributed by atoms with Crippen LogP contribution >= 0.6 is 0 Å². The Hall–Kier alpha value is -2.50. The summed E-state index contributed by atoms with van der Waals surface area (Å²) in [7, 11) is 3.27. The lowest BCUT2D eigenvalue weighted by Gasteiger charge is -2.21. The minimum absolute atomic E-state index is 0.592. The molecule has 2 aromatic carbocycles. The standard InChI is InChI=1S/C25H31F3NO2/c1-4-5-6-7-8-22-21-16-24(31-3)23(30-2)15-19(21)13-14-29(22)17-18-9-11-20(12-10-18)25(26,27)28/h9-12,15-16H,4-8,13-14,17H2,1-3H3/q+1. The fourth-order valence-electron chi connectivity index (χ4n) is 4.16. The molecule has 3 rings (SSSR count). The first-order chi connectivity index (χ1) is 14.9. The number of hydrogen-bond acceptors (Lipinski definition) is 2. The molecule has 31 heavy (non-hydrogen) atoms. The molecule has 0 N–H and O–H groups in total. The molecule has 0 unspecified atom stereocenters. The summed E-state index contributed by atoms with van der Waals surface area (Å²) in [6.07, 6.45) is 2.10. The summed E-state index contributed by atoms with van der Waals surface area (Å²) >= 11 is 0. The minimum Gasteiger partial charge on any atom is -0.493 e. The fraction of sp³-hybridized carbons (Fsp3) is 0.480. The van der Waals surface area contributed by atoms with Gasteiger partial charge in [-0.3, -0.25) is 0 Å². The van der Waals surface area contributed by atoms with E-state index in [1.165, 1.54) is 36.2 Å². The quantitative estimate of drug-likeness (QED) is 0.344. The summed E-state index contributed by atoms with van der Waals surface area (Å²) in [5.41, 5.74) is 3.89. The van der Waals surface area contributed by atoms with Crippen molar-refractivity contribution in [1.82, 2.24) is 0 Å². The number of alkyl halides is 3. The zero-order chi connectivity index (χ0) is 22.4. The first-order valence-corrected chi connectivity index (χ1v) is 10.9. The Balaban J connectivity index is 1.94. The molecule has 0 amide bonds. The van der Waals surface area contributed by atoms with Crippen molar-refractivity contribution in [2.75, 3.05) is 20.8 Å². The van der Waals surface area contributed by atoms with Crippen molar-refractivity contribution in [3.63, 3.8) is 0 Å². The largest absolute Gasteiger partial charge is 0.493 e. The Morgan fingerprint density at radius 2 is 1.61 bits per heavy atom. The number of methoxy groups -OCH3 is 2. The molecule has 6 heteroatoms. The van der Waals surface area contributed by atoms with Gasteiger partial charge in [-0.15, -0.1) is 0 Å². The van der Waals surface area contributed by atoms with Crippen molar-refractivity contribution in [3.8, 4) is 11.5 Å². The van der Waals surface area contributed by atoms with Gasteiger partial charge in [0.05, 0.1) is 19.8 Å². The highest BCUT2D eigenvalue weighted by Crippen LogP contribution is 2.34. The lowest BCUT2D eigenvalue weighted by Crippen LogP contribution is -2.30. The lowest BCUT2D eigenvalue weighted by atomic mass is 9.92. The van der Waals surface area contributed by atoms with Gasteiger partial charge in [0.25, 0.3) is 0 Å². The third-order valence-electron chi connectivity index (χ3n) is 5.87. The highest BCUT2D eigenvalue weighted by atomic mass is 19.4. The normalized spacial score (nSPS) is 13.9. The van der Waals surface area contributed by atoms with Gasteiger partial charge in [0, 0.05) is 24.0 Å². The van der Waals surface area contributed by atoms with Crippen LogP contribution < -0.4 is 9.47 Å². The van der Waals surface area contributed by atoms with Crippen molar-refractivity contribution >= 4 is 5.71 Å². The number of halogens is 3. The number of rotatable bonds is 9. The molecule has 0 aliphatic carbocycles. The Kier molecular flexibility index (Phi) is 7.63. The van der Waals surface area contributed by atoms with Gasteiger partial charge in [0.1, 0.15) is 6.54 Å². The van der Waals surface area contributed by atoms with E-state index in [1.807, 2.05) is 6.07 Å². The van der Waals surface area contributed by atoms with Crippen LogP contribution in [0.5, 0.6) is 11.5 Å². The number of nitrogens with zero attached hydrogens (tertiary/aromatic N) is 1. The Bertz CT molecular complexity index is 918. The van der Waals surface area contributed by atoms with E-state index in [0.717, 1.165) is 49.1 Å². The van der Waals surface area contributed by atoms with E-state index in [4.69, 9.17) is 9.47 Å². The van der Waals surface area contributed by atoms with E-state index in [0.29, 0.717) is 12.3 Å². The molecule has 0 spiro atoms. The van der Waals surface area contributed by atoms with Crippen LogP contribution in [-0.4, -0.2) is 31.1 Å². The fourth-order valence-corrected chi connectivity index (χ4v) is 4.16. The summed E-state index contributed by atoms with van der Waals surface area (Å²) in [5, 5.41) is 0. The molecular formula is C25H31F3NO2+. The average Bonchev–Trinajstić information content (AvgIpc) is 2.76. The smallest absolute Gasteiger partial charge is 0.416 e. The molecule has 1 aliphatic heterocycles. The highest BCUT2D eigenvalue weighted by Gasteiger charge is 2.31. The molecule has 0 radical (unpaired) electrons. The van der Waals surface area contributed by atoms with Gasteiger partial charge < -0.3 is 9.47 Å². The van der Waals surface area contributed by atoms with E-state index in [-0.39, 0.29) is 0 Å². The first kappa shape index (κ1) is 23.2. The van der Waals surface area contributed by atoms with E-state index in [1.54, 1.807) is 26.4 Å². The number of unbranched alkanes of at least 4 members (excludes halogenated alkanes) is 3. The Morgan fingerprint density at radius 1 is 0.935 bits per heavy atom. The number of ether oxygens (including phenoxy) is 2. The summed E-state index contributed by atoms with van der Waals surface area (Å²) in [6, 6.07) is 9.60. The van der Waals surface area contributed by atoms with E-state index in [2.05, 4.69) is 17.6 Å². The zero-order valence-corrected chi connectivity index (χ0v) is 18.5. The van der Waals surface area contributed by atoms with Crippen molar-refractivity contribution in [1.29, 1.82) is 0 Å². The second kappa shape index (κ2) is 10.2. The van der Waals surface area contributed by atoms with Crippen LogP contribution in [0.3, 0.4) is 0 Å². The summed E-state index contributed by atoms with van der Waals surface area (Å²) in [6.45, 7) is 3.61. The van der Waals surface area contributed by atoms with Gasteiger partial charge in [0.2, 0.25) is 0 Å². The molecule has 3 nitrogen and oxygen atoms in total. The number of benzene rings is 2. The Labute approximate surface area is 182 Å². The van der Waals surface area contributed by atoms with Gasteiger partial charge in [-0.05, 0) is 36.2 Å². The second-order valence-electron chi connectivity index (χ2n) is 7.99. The van der Waals surface area contributed by atoms with Crippen LogP contribution in [0.25, 0.3) is 0 Å². The molecule has 0 bridgehead atoms. The summed E-state index contributed by atoms with van der Waals surface area (Å²) in [4.78, 5) is 0. The van der Waals surface area contributed by atoms with Crippen molar-refractivity contribution in [2.45, 2.75) is 58.2 Å². The number of hydrogen-bond donors (Lipinski definition) is 0. The molecular weight excluding hydrogens is 403 g/mol. The molecule has 0 atom stereocenters. The van der Waals surface area contributed by atoms with Crippen LogP contribution in [0, 0.1) is 0 Å². The third kappa shape index (κ3) is 5.60. The summed E-state index contributed by atoms with van der Waals surface area (Å²) in [5.74, 6) is 1.42. The predicted octanol–water partition coefficient (Wildman–Crippen LogP) is 6.25. The lowest BCUT2D eigenvalue weighted by molar-refractivity contribution is -0.545. The maximum Gasteiger partial charge on any atom is 0.416 e. The molecule has 0 fully saturated rings. The number of fused-ring (bicyclic) bond motifs is 1. The SMILES string of the molecule is CCCCCCC1=[N+](Cc2ccc(C(F)(F)F)cc2)CCc2cc(OC)c(OC)cc21. The van der Waals surface area contributed by atoms with Gasteiger partial charge in [-0.2, -0.15) is 13.2 Å². The van der Waals surface area contributed by atoms with E-state index < -0.39 is 11.7 Å². The molecule has 0 aromatic heterocycles. The van der Waals surface area contributed by atoms with Gasteiger partial charge in [-0.25, -0.2) is 4.58 Å². The van der Waals surface area contributed by atoms with Crippen LogP contribution in [-0.2, 0) is 19.1 Å². The van der Waals surface area contributed by atoms with E-state index >= 15 is 0 Å². The van der Waals surface area contributed by atoms with Gasteiger partial charge >= 0.3 is 6.18 Å². The molecule has 1 heterocycles. The molecule has 168 valence electrons. The maximum atomic E-state index is 12.9. The highest BCUT2D eigenvalue weighted by molar-refractivity contribution is 5.99. The van der Waals surface area contributed by atoms with Crippen LogP contribution in [0.15, 0.2) is 36.4 Å². The monoisotopic (exact) mass is 434 g/mol. The minimum atomic E-state index is -4.31.